The van der Waals surface area contributed by atoms with Crippen LogP contribution in [0, 0.1) is 0 Å². The van der Waals surface area contributed by atoms with E-state index in [1.165, 1.54) is 13.2 Å². The molecule has 1 heterocycles. The van der Waals surface area contributed by atoms with E-state index >= 15 is 0 Å². The van der Waals surface area contributed by atoms with Crippen molar-refractivity contribution in [2.75, 3.05) is 20.3 Å². The lowest BCUT2D eigenvalue weighted by atomic mass is 9.79. The standard InChI is InChI=1S/C36H37F6NO5/c1-4-10-25-22-28(34(46,35(37,38)39)36(40,41)42)23-26(21-24-11-6-5-7-12-24)31(25)48-20-9-8-19-43-30(44)17-18-33(2,32(43)45)27-13-15-29(47-3)16-14-27/h5-7,11-18,22-23,46H,4,8-10,19-21H2,1-3H3. The van der Waals surface area contributed by atoms with Crippen molar-refractivity contribution in [3.63, 3.8) is 0 Å². The molecule has 1 N–H and O–H groups in total. The first-order valence-electron chi connectivity index (χ1n) is 15.4. The van der Waals surface area contributed by atoms with Crippen LogP contribution in [0.5, 0.6) is 11.5 Å². The molecule has 0 spiro atoms. The number of ether oxygens (including phenoxy) is 2. The van der Waals surface area contributed by atoms with Crippen LogP contribution < -0.4 is 9.47 Å². The van der Waals surface area contributed by atoms with E-state index in [0.29, 0.717) is 48.3 Å². The molecule has 1 unspecified atom stereocenters. The molecule has 48 heavy (non-hydrogen) atoms. The third-order valence-electron chi connectivity index (χ3n) is 8.46. The van der Waals surface area contributed by atoms with Gasteiger partial charge in [-0.15, -0.1) is 0 Å². The molecular formula is C36H37F6NO5. The van der Waals surface area contributed by atoms with Gasteiger partial charge in [0.25, 0.3) is 11.5 Å². The Morgan fingerprint density at radius 2 is 1.50 bits per heavy atom. The minimum Gasteiger partial charge on any atom is -0.497 e. The van der Waals surface area contributed by atoms with Crippen molar-refractivity contribution in [1.29, 1.82) is 0 Å². The van der Waals surface area contributed by atoms with Crippen molar-refractivity contribution in [2.45, 2.75) is 69.3 Å². The van der Waals surface area contributed by atoms with Crippen molar-refractivity contribution in [3.05, 3.63) is 107 Å². The summed E-state index contributed by atoms with van der Waals surface area (Å²) < 4.78 is 94.5. The zero-order chi connectivity index (χ0) is 35.3. The lowest BCUT2D eigenvalue weighted by molar-refractivity contribution is -0.376. The fraction of sp³-hybridized carbons (Fsp3) is 0.389. The maximum atomic E-state index is 13.9. The molecule has 2 amide bonds. The number of aliphatic hydroxyl groups is 1. The Bertz CT molecular complexity index is 1600. The summed E-state index contributed by atoms with van der Waals surface area (Å²) >= 11 is 0. The van der Waals surface area contributed by atoms with Crippen LogP contribution in [0.4, 0.5) is 26.3 Å². The van der Waals surface area contributed by atoms with Gasteiger partial charge in [0.05, 0.1) is 19.1 Å². The lowest BCUT2D eigenvalue weighted by Crippen LogP contribution is -2.54. The van der Waals surface area contributed by atoms with Crippen molar-refractivity contribution in [3.8, 4) is 11.5 Å². The molecule has 0 saturated carbocycles. The fourth-order valence-electron chi connectivity index (χ4n) is 5.73. The first kappa shape index (κ1) is 36.5. The number of rotatable bonds is 13. The summed E-state index contributed by atoms with van der Waals surface area (Å²) in [5.41, 5.74) is -6.08. The van der Waals surface area contributed by atoms with E-state index in [2.05, 4.69) is 0 Å². The number of nitrogens with zero attached hydrogens (tertiary/aromatic N) is 1. The summed E-state index contributed by atoms with van der Waals surface area (Å²) in [6, 6.07) is 16.8. The zero-order valence-electron chi connectivity index (χ0n) is 26.8. The molecule has 12 heteroatoms. The molecule has 258 valence electrons. The van der Waals surface area contributed by atoms with Gasteiger partial charge in [-0.2, -0.15) is 26.3 Å². The van der Waals surface area contributed by atoms with Crippen LogP contribution in [0.3, 0.4) is 0 Å². The highest BCUT2D eigenvalue weighted by atomic mass is 19.4. The minimum atomic E-state index is -6.04. The minimum absolute atomic E-state index is 0.00245. The fourth-order valence-corrected chi connectivity index (χ4v) is 5.73. The summed E-state index contributed by atoms with van der Waals surface area (Å²) in [5, 5.41) is 10.2. The topological polar surface area (TPSA) is 76.1 Å². The monoisotopic (exact) mass is 677 g/mol. The molecule has 6 nitrogen and oxygen atoms in total. The molecule has 1 aliphatic heterocycles. The molecule has 0 radical (unpaired) electrons. The maximum Gasteiger partial charge on any atom is 0.430 e. The zero-order valence-corrected chi connectivity index (χ0v) is 26.8. The van der Waals surface area contributed by atoms with Gasteiger partial charge in [0.2, 0.25) is 5.91 Å². The van der Waals surface area contributed by atoms with E-state index in [9.17, 15) is 41.0 Å². The molecule has 3 aromatic carbocycles. The van der Waals surface area contributed by atoms with Gasteiger partial charge < -0.3 is 14.6 Å². The first-order valence-corrected chi connectivity index (χ1v) is 15.4. The quantitative estimate of drug-likeness (QED) is 0.115. The number of carbonyl (C=O) groups excluding carboxylic acids is 2. The number of alkyl halides is 6. The highest BCUT2D eigenvalue weighted by Gasteiger charge is 2.71. The Morgan fingerprint density at radius 1 is 0.875 bits per heavy atom. The molecule has 0 aromatic heterocycles. The Kier molecular flexibility index (Phi) is 11.0. The Labute approximate surface area is 275 Å². The van der Waals surface area contributed by atoms with Crippen molar-refractivity contribution in [2.24, 2.45) is 0 Å². The number of hydrogen-bond acceptors (Lipinski definition) is 5. The number of imide groups is 1. The number of carbonyl (C=O) groups is 2. The van der Waals surface area contributed by atoms with Crippen LogP contribution in [0.15, 0.2) is 78.9 Å². The van der Waals surface area contributed by atoms with E-state index in [1.54, 1.807) is 74.5 Å². The molecule has 1 aliphatic rings. The van der Waals surface area contributed by atoms with Crippen LogP contribution in [0.25, 0.3) is 0 Å². The Hall–Kier alpha value is -4.32. The summed E-state index contributed by atoms with van der Waals surface area (Å²) in [4.78, 5) is 27.3. The predicted molar refractivity (Wildman–Crippen MR) is 167 cm³/mol. The predicted octanol–water partition coefficient (Wildman–Crippen LogP) is 7.59. The second-order valence-electron chi connectivity index (χ2n) is 11.9. The van der Waals surface area contributed by atoms with Gasteiger partial charge in [-0.05, 0) is 72.7 Å². The molecule has 0 aliphatic carbocycles. The van der Waals surface area contributed by atoms with Crippen LogP contribution >= 0.6 is 0 Å². The number of hydrogen-bond donors (Lipinski definition) is 1. The second kappa shape index (κ2) is 14.4. The smallest absolute Gasteiger partial charge is 0.430 e. The van der Waals surface area contributed by atoms with E-state index in [1.807, 2.05) is 0 Å². The van der Waals surface area contributed by atoms with Gasteiger partial charge in [0.1, 0.15) is 11.5 Å². The van der Waals surface area contributed by atoms with Gasteiger partial charge in [-0.1, -0.05) is 61.9 Å². The van der Waals surface area contributed by atoms with E-state index in [-0.39, 0.29) is 42.9 Å². The van der Waals surface area contributed by atoms with Crippen LogP contribution in [-0.4, -0.2) is 54.4 Å². The Morgan fingerprint density at radius 3 is 2.08 bits per heavy atom. The third-order valence-corrected chi connectivity index (χ3v) is 8.46. The van der Waals surface area contributed by atoms with Gasteiger partial charge in [0, 0.05) is 24.6 Å². The van der Waals surface area contributed by atoms with Gasteiger partial charge in [-0.3, -0.25) is 14.5 Å². The summed E-state index contributed by atoms with van der Waals surface area (Å²) in [5.74, 6) is -0.132. The molecule has 0 fully saturated rings. The van der Waals surface area contributed by atoms with Crippen LogP contribution in [0.1, 0.15) is 60.9 Å². The normalized spacial score (nSPS) is 17.2. The molecule has 0 bridgehead atoms. The molecule has 4 rings (SSSR count). The van der Waals surface area contributed by atoms with E-state index in [0.717, 1.165) is 4.90 Å². The van der Waals surface area contributed by atoms with Gasteiger partial charge >= 0.3 is 12.4 Å². The maximum absolute atomic E-state index is 13.9. The van der Waals surface area contributed by atoms with Crippen molar-refractivity contribution < 1.29 is 50.5 Å². The third kappa shape index (κ3) is 7.38. The van der Waals surface area contributed by atoms with Gasteiger partial charge in [0.15, 0.2) is 0 Å². The van der Waals surface area contributed by atoms with Crippen LogP contribution in [-0.2, 0) is 33.4 Å². The number of halogens is 6. The second-order valence-corrected chi connectivity index (χ2v) is 11.9. The first-order chi connectivity index (χ1) is 22.6. The average Bonchev–Trinajstić information content (AvgIpc) is 3.04. The highest BCUT2D eigenvalue weighted by Crippen LogP contribution is 2.51. The summed E-state index contributed by atoms with van der Waals surface area (Å²) in [7, 11) is 1.53. The van der Waals surface area contributed by atoms with Crippen molar-refractivity contribution in [1.82, 2.24) is 4.90 Å². The summed E-state index contributed by atoms with van der Waals surface area (Å²) in [6.45, 7) is 3.50. The van der Waals surface area contributed by atoms with E-state index < -0.39 is 40.7 Å². The number of unbranched alkanes of at least 4 members (excludes halogenated alkanes) is 1. The Balaban J connectivity index is 1.56. The largest absolute Gasteiger partial charge is 0.497 e. The molecule has 1 atom stereocenters. The number of methoxy groups -OCH3 is 1. The average molecular weight is 678 g/mol. The SMILES string of the molecule is CCCc1cc(C(O)(C(F)(F)F)C(F)(F)F)cc(Cc2ccccc2)c1OCCCCN1C(=O)C=CC(C)(c2ccc(OC)cc2)C1=O. The number of benzene rings is 3. The highest BCUT2D eigenvalue weighted by molar-refractivity contribution is 6.09. The molecule has 3 aromatic rings. The number of aryl methyl sites for hydroxylation is 1. The van der Waals surface area contributed by atoms with E-state index in [4.69, 9.17) is 9.47 Å². The lowest BCUT2D eigenvalue weighted by Gasteiger charge is -2.34. The molecule has 0 saturated heterocycles. The molecular weight excluding hydrogens is 640 g/mol. The summed E-state index contributed by atoms with van der Waals surface area (Å²) in [6.07, 6.45) is -8.13. The van der Waals surface area contributed by atoms with Crippen LogP contribution in [0.2, 0.25) is 0 Å². The van der Waals surface area contributed by atoms with Gasteiger partial charge in [-0.25, -0.2) is 0 Å². The van der Waals surface area contributed by atoms with Crippen molar-refractivity contribution >= 4 is 11.8 Å². The number of amides is 2.